The first kappa shape index (κ1) is 13.4. The highest BCUT2D eigenvalue weighted by Gasteiger charge is 2.22. The number of fused-ring (bicyclic) bond motifs is 1. The minimum Gasteiger partial charge on any atom is -0.310 e. The molecule has 1 aliphatic rings. The van der Waals surface area contributed by atoms with E-state index in [1.165, 1.54) is 41.8 Å². The van der Waals surface area contributed by atoms with Crippen LogP contribution in [-0.2, 0) is 6.42 Å². The van der Waals surface area contributed by atoms with Gasteiger partial charge in [-0.15, -0.1) is 0 Å². The van der Waals surface area contributed by atoms with Crippen LogP contribution in [0.5, 0.6) is 0 Å². The van der Waals surface area contributed by atoms with Crippen molar-refractivity contribution in [1.82, 2.24) is 15.1 Å². The summed E-state index contributed by atoms with van der Waals surface area (Å²) in [6, 6.07) is 9.10. The summed E-state index contributed by atoms with van der Waals surface area (Å²) in [6.07, 6.45) is 6.96. The Morgan fingerprint density at radius 2 is 2.05 bits per heavy atom. The van der Waals surface area contributed by atoms with Gasteiger partial charge in [-0.25, -0.2) is 4.68 Å². The lowest BCUT2D eigenvalue weighted by atomic mass is 10.1. The lowest BCUT2D eigenvalue weighted by Crippen LogP contribution is -2.20. The molecule has 3 rings (SSSR count). The summed E-state index contributed by atoms with van der Waals surface area (Å²) in [5, 5.41) is 8.25. The van der Waals surface area contributed by atoms with Gasteiger partial charge in [0, 0.05) is 17.3 Å². The molecule has 0 saturated carbocycles. The highest BCUT2D eigenvalue weighted by atomic mass is 15.3. The lowest BCUT2D eigenvalue weighted by Gasteiger charge is -2.15. The van der Waals surface area contributed by atoms with E-state index in [2.05, 4.69) is 59.4 Å². The fraction of sp³-hybridized carbons (Fsp3) is 0.471. The van der Waals surface area contributed by atoms with Crippen LogP contribution in [0.1, 0.15) is 49.0 Å². The molecule has 1 N–H and O–H groups in total. The number of nitrogens with zero attached hydrogens (tertiary/aromatic N) is 2. The molecule has 3 nitrogen and oxygen atoms in total. The molecular formula is C17H23N3. The highest BCUT2D eigenvalue weighted by molar-refractivity contribution is 5.38. The largest absolute Gasteiger partial charge is 0.310 e. The van der Waals surface area contributed by atoms with E-state index in [4.69, 9.17) is 0 Å². The van der Waals surface area contributed by atoms with Gasteiger partial charge in [-0.3, -0.25) is 0 Å². The maximum atomic E-state index is 4.65. The van der Waals surface area contributed by atoms with E-state index in [0.717, 1.165) is 13.0 Å². The first-order valence-electron chi connectivity index (χ1n) is 7.67. The van der Waals surface area contributed by atoms with Crippen LogP contribution in [-0.4, -0.2) is 16.3 Å². The average Bonchev–Trinajstić information content (AvgIpc) is 2.77. The minimum absolute atomic E-state index is 0.469. The minimum atomic E-state index is 0.469. The van der Waals surface area contributed by atoms with E-state index in [1.807, 2.05) is 0 Å². The van der Waals surface area contributed by atoms with Crippen LogP contribution in [0.25, 0.3) is 5.69 Å². The van der Waals surface area contributed by atoms with Crippen molar-refractivity contribution in [3.8, 4) is 5.69 Å². The van der Waals surface area contributed by atoms with Crippen LogP contribution in [0.3, 0.4) is 0 Å². The Morgan fingerprint density at radius 1 is 1.25 bits per heavy atom. The Hall–Kier alpha value is -1.61. The van der Waals surface area contributed by atoms with E-state index in [0.29, 0.717) is 6.04 Å². The second kappa shape index (κ2) is 5.80. The molecule has 1 unspecified atom stereocenters. The predicted molar refractivity (Wildman–Crippen MR) is 82.3 cm³/mol. The molecule has 1 heterocycles. The average molecular weight is 269 g/mol. The standard InChI is InChI=1S/C17H23N3/c1-3-18-16-6-4-5-7-17-15(16)12-19-20(17)14-10-8-13(2)9-11-14/h8-12,16,18H,3-7H2,1-2H3. The number of nitrogens with one attached hydrogen (secondary N) is 1. The zero-order chi connectivity index (χ0) is 13.9. The maximum Gasteiger partial charge on any atom is 0.0649 e. The van der Waals surface area contributed by atoms with Gasteiger partial charge in [0.05, 0.1) is 11.9 Å². The molecular weight excluding hydrogens is 246 g/mol. The summed E-state index contributed by atoms with van der Waals surface area (Å²) in [7, 11) is 0. The van der Waals surface area contributed by atoms with Crippen LogP contribution < -0.4 is 5.32 Å². The van der Waals surface area contributed by atoms with Gasteiger partial charge in [0.1, 0.15) is 0 Å². The van der Waals surface area contributed by atoms with Gasteiger partial charge in [-0.2, -0.15) is 5.10 Å². The number of hydrogen-bond acceptors (Lipinski definition) is 2. The van der Waals surface area contributed by atoms with Crippen molar-refractivity contribution in [3.63, 3.8) is 0 Å². The number of aromatic nitrogens is 2. The molecule has 1 atom stereocenters. The van der Waals surface area contributed by atoms with Gasteiger partial charge < -0.3 is 5.32 Å². The van der Waals surface area contributed by atoms with Crippen molar-refractivity contribution in [3.05, 3.63) is 47.3 Å². The Bertz CT molecular complexity index is 568. The first-order chi connectivity index (χ1) is 9.79. The van der Waals surface area contributed by atoms with Crippen molar-refractivity contribution in [1.29, 1.82) is 0 Å². The third-order valence-electron chi connectivity index (χ3n) is 4.16. The molecule has 0 bridgehead atoms. The van der Waals surface area contributed by atoms with Gasteiger partial charge >= 0.3 is 0 Å². The van der Waals surface area contributed by atoms with Gasteiger partial charge in [0.2, 0.25) is 0 Å². The van der Waals surface area contributed by atoms with Crippen LogP contribution >= 0.6 is 0 Å². The van der Waals surface area contributed by atoms with Gasteiger partial charge in [-0.05, 0) is 44.9 Å². The number of benzene rings is 1. The monoisotopic (exact) mass is 269 g/mol. The molecule has 0 aliphatic heterocycles. The summed E-state index contributed by atoms with van der Waals surface area (Å²) in [5.74, 6) is 0. The lowest BCUT2D eigenvalue weighted by molar-refractivity contribution is 0.503. The number of aryl methyl sites for hydroxylation is 1. The van der Waals surface area contributed by atoms with E-state index in [9.17, 15) is 0 Å². The number of hydrogen-bond donors (Lipinski definition) is 1. The maximum absolute atomic E-state index is 4.65. The quantitative estimate of drug-likeness (QED) is 0.863. The molecule has 106 valence electrons. The third-order valence-corrected chi connectivity index (χ3v) is 4.16. The fourth-order valence-electron chi connectivity index (χ4n) is 3.09. The topological polar surface area (TPSA) is 29.9 Å². The van der Waals surface area contributed by atoms with Crippen molar-refractivity contribution < 1.29 is 0 Å². The normalized spacial score (nSPS) is 18.6. The molecule has 20 heavy (non-hydrogen) atoms. The Kier molecular flexibility index (Phi) is 3.88. The molecule has 0 saturated heterocycles. The fourth-order valence-corrected chi connectivity index (χ4v) is 3.09. The van der Waals surface area contributed by atoms with Crippen LogP contribution in [0.4, 0.5) is 0 Å². The van der Waals surface area contributed by atoms with E-state index in [1.54, 1.807) is 0 Å². The van der Waals surface area contributed by atoms with Gasteiger partial charge in [0.25, 0.3) is 0 Å². The zero-order valence-corrected chi connectivity index (χ0v) is 12.4. The molecule has 0 spiro atoms. The van der Waals surface area contributed by atoms with Crippen molar-refractivity contribution in [2.75, 3.05) is 6.54 Å². The van der Waals surface area contributed by atoms with E-state index < -0.39 is 0 Å². The summed E-state index contributed by atoms with van der Waals surface area (Å²) < 4.78 is 2.13. The Balaban J connectivity index is 2.00. The van der Waals surface area contributed by atoms with Gasteiger partial charge in [0.15, 0.2) is 0 Å². The molecule has 1 aliphatic carbocycles. The van der Waals surface area contributed by atoms with Crippen LogP contribution in [0, 0.1) is 6.92 Å². The molecule has 1 aromatic carbocycles. The summed E-state index contributed by atoms with van der Waals surface area (Å²) in [4.78, 5) is 0. The second-order valence-electron chi connectivity index (χ2n) is 5.65. The number of rotatable bonds is 3. The Labute approximate surface area is 121 Å². The molecule has 0 fully saturated rings. The SMILES string of the molecule is CCNC1CCCCc2c1cnn2-c1ccc(C)cc1. The summed E-state index contributed by atoms with van der Waals surface area (Å²) in [5.41, 5.74) is 5.24. The van der Waals surface area contributed by atoms with Crippen molar-refractivity contribution in [2.24, 2.45) is 0 Å². The molecule has 0 amide bonds. The molecule has 3 heteroatoms. The van der Waals surface area contributed by atoms with Crippen LogP contribution in [0.15, 0.2) is 30.5 Å². The Morgan fingerprint density at radius 3 is 2.80 bits per heavy atom. The first-order valence-corrected chi connectivity index (χ1v) is 7.67. The van der Waals surface area contributed by atoms with E-state index >= 15 is 0 Å². The molecule has 2 aromatic rings. The van der Waals surface area contributed by atoms with E-state index in [-0.39, 0.29) is 0 Å². The van der Waals surface area contributed by atoms with Crippen LogP contribution in [0.2, 0.25) is 0 Å². The van der Waals surface area contributed by atoms with Crippen molar-refractivity contribution in [2.45, 2.75) is 45.6 Å². The third kappa shape index (κ3) is 2.50. The smallest absolute Gasteiger partial charge is 0.0649 e. The van der Waals surface area contributed by atoms with Crippen molar-refractivity contribution >= 4 is 0 Å². The zero-order valence-electron chi connectivity index (χ0n) is 12.4. The van der Waals surface area contributed by atoms with Gasteiger partial charge in [-0.1, -0.05) is 31.0 Å². The summed E-state index contributed by atoms with van der Waals surface area (Å²) >= 11 is 0. The molecule has 0 radical (unpaired) electrons. The highest BCUT2D eigenvalue weighted by Crippen LogP contribution is 2.29. The predicted octanol–water partition coefficient (Wildman–Crippen LogP) is 3.56. The second-order valence-corrected chi connectivity index (χ2v) is 5.65. The summed E-state index contributed by atoms with van der Waals surface area (Å²) in [6.45, 7) is 5.31. The molecule has 1 aromatic heterocycles.